The molecule has 1 aromatic rings. The molecule has 1 aliphatic rings. The molecule has 2 atom stereocenters. The highest BCUT2D eigenvalue weighted by molar-refractivity contribution is 6.31. The van der Waals surface area contributed by atoms with Gasteiger partial charge in [0.2, 0.25) is 0 Å². The Hall–Kier alpha value is -0.770. The standard InChI is InChI=1S/C16H25ClN2O/c1-3-12(18)10-14-15(17)7-4-8-16(14)19(2)11-13-6-5-9-20-13/h4,7-8,12-13H,3,5-6,9-11,18H2,1-2H3. The fourth-order valence-electron chi connectivity index (χ4n) is 2.71. The molecule has 3 nitrogen and oxygen atoms in total. The summed E-state index contributed by atoms with van der Waals surface area (Å²) in [5.74, 6) is 0. The lowest BCUT2D eigenvalue weighted by Gasteiger charge is -2.26. The Labute approximate surface area is 127 Å². The summed E-state index contributed by atoms with van der Waals surface area (Å²) >= 11 is 6.38. The van der Waals surface area contributed by atoms with E-state index in [0.717, 1.165) is 43.0 Å². The molecule has 1 fully saturated rings. The smallest absolute Gasteiger partial charge is 0.0750 e. The van der Waals surface area contributed by atoms with Gasteiger partial charge in [-0.3, -0.25) is 0 Å². The molecule has 1 aromatic carbocycles. The highest BCUT2D eigenvalue weighted by Gasteiger charge is 2.20. The van der Waals surface area contributed by atoms with Gasteiger partial charge in [-0.05, 0) is 43.4 Å². The second-order valence-corrected chi connectivity index (χ2v) is 6.03. The first-order chi connectivity index (χ1) is 9.61. The largest absolute Gasteiger partial charge is 0.376 e. The SMILES string of the molecule is CCC(N)Cc1c(Cl)cccc1N(C)CC1CCCO1. The Morgan fingerprint density at radius 1 is 1.50 bits per heavy atom. The zero-order chi connectivity index (χ0) is 14.5. The van der Waals surface area contributed by atoms with Crippen LogP contribution in [0.4, 0.5) is 5.69 Å². The minimum atomic E-state index is 0.157. The van der Waals surface area contributed by atoms with Crippen molar-refractivity contribution in [1.82, 2.24) is 0 Å². The van der Waals surface area contributed by atoms with Crippen molar-refractivity contribution in [3.63, 3.8) is 0 Å². The third-order valence-corrected chi connectivity index (χ3v) is 4.35. The molecule has 0 radical (unpaired) electrons. The van der Waals surface area contributed by atoms with E-state index in [0.29, 0.717) is 6.10 Å². The maximum Gasteiger partial charge on any atom is 0.0750 e. The average molecular weight is 297 g/mol. The third-order valence-electron chi connectivity index (χ3n) is 4.00. The van der Waals surface area contributed by atoms with Crippen molar-refractivity contribution < 1.29 is 4.74 Å². The Kier molecular flexibility index (Phi) is 5.70. The molecule has 1 saturated heterocycles. The number of nitrogens with zero attached hydrogens (tertiary/aromatic N) is 1. The number of ether oxygens (including phenoxy) is 1. The van der Waals surface area contributed by atoms with Crippen molar-refractivity contribution in [2.75, 3.05) is 25.1 Å². The van der Waals surface area contributed by atoms with E-state index < -0.39 is 0 Å². The normalized spacial score (nSPS) is 20.1. The van der Waals surface area contributed by atoms with Crippen molar-refractivity contribution in [3.05, 3.63) is 28.8 Å². The molecule has 0 saturated carbocycles. The van der Waals surface area contributed by atoms with Gasteiger partial charge in [0.1, 0.15) is 0 Å². The van der Waals surface area contributed by atoms with Crippen LogP contribution in [0.25, 0.3) is 0 Å². The van der Waals surface area contributed by atoms with Crippen LogP contribution < -0.4 is 10.6 Å². The monoisotopic (exact) mass is 296 g/mol. The molecule has 1 aliphatic heterocycles. The van der Waals surface area contributed by atoms with E-state index in [1.54, 1.807) is 0 Å². The molecule has 1 heterocycles. The molecule has 20 heavy (non-hydrogen) atoms. The van der Waals surface area contributed by atoms with E-state index in [4.69, 9.17) is 22.1 Å². The van der Waals surface area contributed by atoms with Gasteiger partial charge in [-0.15, -0.1) is 0 Å². The van der Waals surface area contributed by atoms with Crippen molar-refractivity contribution in [3.8, 4) is 0 Å². The molecular weight excluding hydrogens is 272 g/mol. The van der Waals surface area contributed by atoms with Crippen LogP contribution in [-0.2, 0) is 11.2 Å². The first kappa shape index (κ1) is 15.6. The van der Waals surface area contributed by atoms with Crippen LogP contribution >= 0.6 is 11.6 Å². The molecule has 2 N–H and O–H groups in total. The molecule has 0 aliphatic carbocycles. The number of benzene rings is 1. The number of rotatable bonds is 6. The predicted octanol–water partition coefficient (Wildman–Crippen LogP) is 3.24. The van der Waals surface area contributed by atoms with Crippen LogP contribution in [0, 0.1) is 0 Å². The van der Waals surface area contributed by atoms with E-state index in [2.05, 4.69) is 24.9 Å². The summed E-state index contributed by atoms with van der Waals surface area (Å²) in [7, 11) is 2.11. The number of anilines is 1. The topological polar surface area (TPSA) is 38.5 Å². The predicted molar refractivity (Wildman–Crippen MR) is 85.7 cm³/mol. The lowest BCUT2D eigenvalue weighted by atomic mass is 10.0. The minimum absolute atomic E-state index is 0.157. The minimum Gasteiger partial charge on any atom is -0.376 e. The van der Waals surface area contributed by atoms with Crippen molar-refractivity contribution in [2.45, 2.75) is 44.8 Å². The maximum absolute atomic E-state index is 6.38. The molecule has 2 rings (SSSR count). The summed E-state index contributed by atoms with van der Waals surface area (Å²) in [4.78, 5) is 2.25. The van der Waals surface area contributed by atoms with Crippen LogP contribution in [0.5, 0.6) is 0 Å². The highest BCUT2D eigenvalue weighted by atomic mass is 35.5. The van der Waals surface area contributed by atoms with Gasteiger partial charge in [-0.25, -0.2) is 0 Å². The molecule has 0 amide bonds. The van der Waals surface area contributed by atoms with Crippen molar-refractivity contribution >= 4 is 17.3 Å². The summed E-state index contributed by atoms with van der Waals surface area (Å²) in [6.07, 6.45) is 4.43. The molecule has 0 aromatic heterocycles. The fourth-order valence-corrected chi connectivity index (χ4v) is 2.95. The Morgan fingerprint density at radius 2 is 2.30 bits per heavy atom. The second kappa shape index (κ2) is 7.30. The van der Waals surface area contributed by atoms with Crippen molar-refractivity contribution in [1.29, 1.82) is 0 Å². The van der Waals surface area contributed by atoms with Crippen LogP contribution in [0.3, 0.4) is 0 Å². The van der Waals surface area contributed by atoms with Crippen LogP contribution in [0.2, 0.25) is 5.02 Å². The number of hydrogen-bond donors (Lipinski definition) is 1. The summed E-state index contributed by atoms with van der Waals surface area (Å²) in [5, 5.41) is 0.811. The van der Waals surface area contributed by atoms with Gasteiger partial charge in [0.05, 0.1) is 6.10 Å². The molecule has 4 heteroatoms. The molecule has 0 spiro atoms. The van der Waals surface area contributed by atoms with Gasteiger partial charge >= 0.3 is 0 Å². The van der Waals surface area contributed by atoms with Crippen LogP contribution in [0.15, 0.2) is 18.2 Å². The van der Waals surface area contributed by atoms with Gasteiger partial charge in [0, 0.05) is 37.0 Å². The van der Waals surface area contributed by atoms with Gasteiger partial charge in [-0.1, -0.05) is 24.6 Å². The van der Waals surface area contributed by atoms with E-state index in [1.165, 1.54) is 12.1 Å². The molecular formula is C16H25ClN2O. The number of hydrogen-bond acceptors (Lipinski definition) is 3. The van der Waals surface area contributed by atoms with E-state index in [-0.39, 0.29) is 6.04 Å². The summed E-state index contributed by atoms with van der Waals surface area (Å²) in [5.41, 5.74) is 8.44. The van der Waals surface area contributed by atoms with Gasteiger partial charge in [0.25, 0.3) is 0 Å². The number of nitrogens with two attached hydrogens (primary N) is 1. The van der Waals surface area contributed by atoms with Crippen LogP contribution in [-0.4, -0.2) is 32.3 Å². The van der Waals surface area contributed by atoms with E-state index >= 15 is 0 Å². The van der Waals surface area contributed by atoms with Crippen LogP contribution in [0.1, 0.15) is 31.7 Å². The summed E-state index contributed by atoms with van der Waals surface area (Å²) in [6, 6.07) is 6.23. The maximum atomic E-state index is 6.38. The number of halogens is 1. The molecule has 0 bridgehead atoms. The second-order valence-electron chi connectivity index (χ2n) is 5.63. The quantitative estimate of drug-likeness (QED) is 0.876. The van der Waals surface area contributed by atoms with Gasteiger partial charge < -0.3 is 15.4 Å². The lowest BCUT2D eigenvalue weighted by Crippen LogP contribution is -2.30. The fraction of sp³-hybridized carbons (Fsp3) is 0.625. The summed E-state index contributed by atoms with van der Waals surface area (Å²) < 4.78 is 5.72. The highest BCUT2D eigenvalue weighted by Crippen LogP contribution is 2.29. The van der Waals surface area contributed by atoms with Crippen molar-refractivity contribution in [2.24, 2.45) is 5.73 Å². The Morgan fingerprint density at radius 3 is 2.95 bits per heavy atom. The zero-order valence-electron chi connectivity index (χ0n) is 12.4. The summed E-state index contributed by atoms with van der Waals surface area (Å²) in [6.45, 7) is 3.91. The first-order valence-corrected chi connectivity index (χ1v) is 7.85. The van der Waals surface area contributed by atoms with Gasteiger partial charge in [-0.2, -0.15) is 0 Å². The Bertz CT molecular complexity index is 432. The zero-order valence-corrected chi connectivity index (χ0v) is 13.2. The molecule has 2 unspecified atom stereocenters. The third kappa shape index (κ3) is 3.87. The lowest BCUT2D eigenvalue weighted by molar-refractivity contribution is 0.116. The van der Waals surface area contributed by atoms with E-state index in [1.807, 2.05) is 12.1 Å². The Balaban J connectivity index is 2.14. The average Bonchev–Trinajstić information content (AvgIpc) is 2.93. The first-order valence-electron chi connectivity index (χ1n) is 7.47. The number of likely N-dealkylation sites (N-methyl/N-ethyl adjacent to an activating group) is 1. The molecule has 112 valence electrons. The van der Waals surface area contributed by atoms with E-state index in [9.17, 15) is 0 Å². The van der Waals surface area contributed by atoms with Gasteiger partial charge in [0.15, 0.2) is 0 Å².